The Morgan fingerprint density at radius 3 is 2.08 bits per heavy atom. The Kier molecular flexibility index (Phi) is 2.82. The van der Waals surface area contributed by atoms with Crippen LogP contribution in [0.15, 0.2) is 12.1 Å². The lowest BCUT2D eigenvalue weighted by Gasteiger charge is -2.00. The van der Waals surface area contributed by atoms with Gasteiger partial charge in [-0.2, -0.15) is 5.26 Å². The lowest BCUT2D eigenvalue weighted by molar-refractivity contribution is 0.951. The van der Waals surface area contributed by atoms with Crippen molar-refractivity contribution in [2.24, 2.45) is 0 Å². The normalized spacial score (nSPS) is 9.42. The number of nitrogens with zero attached hydrogens (tertiary/aromatic N) is 2. The Morgan fingerprint density at radius 1 is 1.25 bits per heavy atom. The predicted octanol–water partition coefficient (Wildman–Crippen LogP) is 2.08. The number of aryl methyl sites for hydroxylation is 2. The van der Waals surface area contributed by atoms with Crippen LogP contribution >= 0.6 is 0 Å². The molecule has 0 aliphatic heterocycles. The Balaban J connectivity index is 3.12. The fourth-order valence-electron chi connectivity index (χ4n) is 1.08. The molecule has 1 aromatic rings. The van der Waals surface area contributed by atoms with Crippen molar-refractivity contribution in [1.29, 1.82) is 5.26 Å². The number of aromatic nitrogens is 1. The molecule has 0 unspecified atom stereocenters. The minimum atomic E-state index is 0.721. The van der Waals surface area contributed by atoms with Crippen LogP contribution in [0.1, 0.15) is 30.8 Å². The maximum absolute atomic E-state index is 8.70. The molecule has 2 heteroatoms. The molecule has 1 heterocycles. The topological polar surface area (TPSA) is 36.7 Å². The van der Waals surface area contributed by atoms with Gasteiger partial charge in [0.05, 0.1) is 11.6 Å². The first-order valence-electron chi connectivity index (χ1n) is 4.20. The standard InChI is InChI=1S/C10H12N2/c1-3-9-5-8(7-11)6-10(4-2)12-9/h5-6H,3-4H2,1-2H3. The largest absolute Gasteiger partial charge is 0.258 e. The molecule has 0 aliphatic rings. The molecular weight excluding hydrogens is 148 g/mol. The van der Waals surface area contributed by atoms with Gasteiger partial charge in [-0.05, 0) is 25.0 Å². The van der Waals surface area contributed by atoms with Crippen molar-refractivity contribution in [1.82, 2.24) is 4.98 Å². The molecule has 0 saturated carbocycles. The fraction of sp³-hybridized carbons (Fsp3) is 0.400. The number of pyridine rings is 1. The molecule has 0 bridgehead atoms. The van der Waals surface area contributed by atoms with Crippen LogP contribution in [0.3, 0.4) is 0 Å². The van der Waals surface area contributed by atoms with Crippen LogP contribution in [0.4, 0.5) is 0 Å². The molecule has 62 valence electrons. The van der Waals surface area contributed by atoms with E-state index in [0.29, 0.717) is 0 Å². The molecule has 0 aromatic carbocycles. The summed E-state index contributed by atoms with van der Waals surface area (Å²) in [5.41, 5.74) is 2.73. The summed E-state index contributed by atoms with van der Waals surface area (Å²) in [7, 11) is 0. The molecule has 0 spiro atoms. The van der Waals surface area contributed by atoms with Crippen LogP contribution in [-0.2, 0) is 12.8 Å². The molecule has 12 heavy (non-hydrogen) atoms. The summed E-state index contributed by atoms with van der Waals surface area (Å²) in [6.07, 6.45) is 1.78. The third kappa shape index (κ3) is 1.82. The van der Waals surface area contributed by atoms with Crippen molar-refractivity contribution in [3.63, 3.8) is 0 Å². The summed E-state index contributed by atoms with van der Waals surface area (Å²) in [6.45, 7) is 4.09. The van der Waals surface area contributed by atoms with E-state index in [2.05, 4.69) is 11.1 Å². The zero-order chi connectivity index (χ0) is 8.97. The summed E-state index contributed by atoms with van der Waals surface area (Å²) in [6, 6.07) is 5.83. The second-order valence-corrected chi connectivity index (χ2v) is 2.66. The Labute approximate surface area is 72.9 Å². The maximum atomic E-state index is 8.70. The van der Waals surface area contributed by atoms with E-state index in [1.54, 1.807) is 0 Å². The zero-order valence-corrected chi connectivity index (χ0v) is 7.46. The fourth-order valence-corrected chi connectivity index (χ4v) is 1.08. The van der Waals surface area contributed by atoms with Crippen LogP contribution in [0.25, 0.3) is 0 Å². The van der Waals surface area contributed by atoms with Crippen molar-refractivity contribution in [3.8, 4) is 6.07 Å². The van der Waals surface area contributed by atoms with Gasteiger partial charge in [-0.25, -0.2) is 0 Å². The first-order valence-corrected chi connectivity index (χ1v) is 4.20. The highest BCUT2D eigenvalue weighted by molar-refractivity contribution is 5.32. The minimum Gasteiger partial charge on any atom is -0.258 e. The average Bonchev–Trinajstić information content (AvgIpc) is 2.16. The molecule has 0 N–H and O–H groups in total. The number of hydrogen-bond donors (Lipinski definition) is 0. The Hall–Kier alpha value is -1.36. The van der Waals surface area contributed by atoms with Gasteiger partial charge in [0.15, 0.2) is 0 Å². The number of rotatable bonds is 2. The van der Waals surface area contributed by atoms with Crippen LogP contribution < -0.4 is 0 Å². The van der Waals surface area contributed by atoms with Crippen molar-refractivity contribution in [2.75, 3.05) is 0 Å². The molecule has 0 aliphatic carbocycles. The van der Waals surface area contributed by atoms with Gasteiger partial charge in [-0.15, -0.1) is 0 Å². The van der Waals surface area contributed by atoms with Gasteiger partial charge in [0, 0.05) is 11.4 Å². The summed E-state index contributed by atoms with van der Waals surface area (Å²) in [5.74, 6) is 0. The van der Waals surface area contributed by atoms with Crippen molar-refractivity contribution in [2.45, 2.75) is 26.7 Å². The van der Waals surface area contributed by atoms with E-state index in [-0.39, 0.29) is 0 Å². The molecule has 0 saturated heterocycles. The second-order valence-electron chi connectivity index (χ2n) is 2.66. The van der Waals surface area contributed by atoms with Gasteiger partial charge in [0.25, 0.3) is 0 Å². The molecule has 1 rings (SSSR count). The second kappa shape index (κ2) is 3.87. The van der Waals surface area contributed by atoms with Crippen molar-refractivity contribution >= 4 is 0 Å². The molecule has 0 radical (unpaired) electrons. The van der Waals surface area contributed by atoms with Crippen LogP contribution in [-0.4, -0.2) is 4.98 Å². The summed E-state index contributed by atoms with van der Waals surface area (Å²) in [5, 5.41) is 8.70. The lowest BCUT2D eigenvalue weighted by Crippen LogP contribution is -1.94. The molecule has 0 fully saturated rings. The third-order valence-corrected chi connectivity index (χ3v) is 1.79. The van der Waals surface area contributed by atoms with E-state index in [1.165, 1.54) is 0 Å². The van der Waals surface area contributed by atoms with E-state index < -0.39 is 0 Å². The van der Waals surface area contributed by atoms with E-state index in [0.717, 1.165) is 29.8 Å². The smallest absolute Gasteiger partial charge is 0.0992 e. The van der Waals surface area contributed by atoms with Gasteiger partial charge in [0.1, 0.15) is 0 Å². The molecule has 0 atom stereocenters. The van der Waals surface area contributed by atoms with E-state index in [1.807, 2.05) is 26.0 Å². The van der Waals surface area contributed by atoms with Gasteiger partial charge < -0.3 is 0 Å². The Bertz CT molecular complexity index is 288. The molecule has 2 nitrogen and oxygen atoms in total. The number of hydrogen-bond acceptors (Lipinski definition) is 2. The third-order valence-electron chi connectivity index (χ3n) is 1.79. The monoisotopic (exact) mass is 160 g/mol. The highest BCUT2D eigenvalue weighted by atomic mass is 14.7. The lowest BCUT2D eigenvalue weighted by atomic mass is 10.1. The molecule has 1 aromatic heterocycles. The molecule has 0 amide bonds. The molecular formula is C10H12N2. The number of nitriles is 1. The van der Waals surface area contributed by atoms with E-state index >= 15 is 0 Å². The first kappa shape index (κ1) is 8.73. The summed E-state index contributed by atoms with van der Waals surface area (Å²) in [4.78, 5) is 4.37. The average molecular weight is 160 g/mol. The van der Waals surface area contributed by atoms with Gasteiger partial charge in [0.2, 0.25) is 0 Å². The quantitative estimate of drug-likeness (QED) is 0.664. The van der Waals surface area contributed by atoms with Crippen LogP contribution in [0, 0.1) is 11.3 Å². The predicted molar refractivity (Wildman–Crippen MR) is 47.7 cm³/mol. The van der Waals surface area contributed by atoms with E-state index in [9.17, 15) is 0 Å². The van der Waals surface area contributed by atoms with Crippen molar-refractivity contribution in [3.05, 3.63) is 29.1 Å². The van der Waals surface area contributed by atoms with Crippen molar-refractivity contribution < 1.29 is 0 Å². The minimum absolute atomic E-state index is 0.721. The van der Waals surface area contributed by atoms with Gasteiger partial charge in [-0.1, -0.05) is 13.8 Å². The highest BCUT2D eigenvalue weighted by Crippen LogP contribution is 2.06. The van der Waals surface area contributed by atoms with E-state index in [4.69, 9.17) is 5.26 Å². The van der Waals surface area contributed by atoms with Gasteiger partial charge >= 0.3 is 0 Å². The Morgan fingerprint density at radius 2 is 1.75 bits per heavy atom. The summed E-state index contributed by atoms with van der Waals surface area (Å²) >= 11 is 0. The summed E-state index contributed by atoms with van der Waals surface area (Å²) < 4.78 is 0. The maximum Gasteiger partial charge on any atom is 0.0992 e. The van der Waals surface area contributed by atoms with Crippen LogP contribution in [0.2, 0.25) is 0 Å². The SMILES string of the molecule is CCc1cc(C#N)cc(CC)n1. The van der Waals surface area contributed by atoms with Gasteiger partial charge in [-0.3, -0.25) is 4.98 Å². The first-order chi connectivity index (χ1) is 5.80. The zero-order valence-electron chi connectivity index (χ0n) is 7.46. The highest BCUT2D eigenvalue weighted by Gasteiger charge is 1.98. The van der Waals surface area contributed by atoms with Crippen LogP contribution in [0.5, 0.6) is 0 Å².